The molecule has 0 N–H and O–H groups in total. The topological polar surface area (TPSA) is 0 Å². The second-order valence-electron chi connectivity index (χ2n) is 5.99. The first kappa shape index (κ1) is 18.0. The van der Waals surface area contributed by atoms with E-state index in [2.05, 4.69) is 64.1 Å². The summed E-state index contributed by atoms with van der Waals surface area (Å²) >= 11 is 6.48. The Morgan fingerprint density at radius 3 is 2.38 bits per heavy atom. The molecule has 0 radical (unpaired) electrons. The van der Waals surface area contributed by atoms with Gasteiger partial charge in [0.25, 0.3) is 0 Å². The van der Waals surface area contributed by atoms with Crippen molar-refractivity contribution in [1.82, 2.24) is 0 Å². The Morgan fingerprint density at radius 2 is 1.76 bits per heavy atom. The summed E-state index contributed by atoms with van der Waals surface area (Å²) in [6.45, 7) is 8.65. The molecule has 0 aliphatic rings. The first-order valence-corrected chi connectivity index (χ1v) is 8.44. The highest BCUT2D eigenvalue weighted by Crippen LogP contribution is 2.27. The van der Waals surface area contributed by atoms with Crippen LogP contribution in [0.4, 0.5) is 0 Å². The minimum Gasteiger partial charge on any atom is -0.118 e. The van der Waals surface area contributed by atoms with E-state index in [9.17, 15) is 0 Å². The molecule has 0 saturated heterocycles. The van der Waals surface area contributed by atoms with Crippen LogP contribution in [0.15, 0.2) is 47.6 Å². The van der Waals surface area contributed by atoms with E-state index in [1.54, 1.807) is 0 Å². The SMILES string of the molecule is C/C=C(\C)CC/C=C(\C)CCCC(Cl)c1ccc(C)cc1. The van der Waals surface area contributed by atoms with E-state index in [0.717, 1.165) is 25.7 Å². The Bertz CT molecular complexity index is 465. The number of halogens is 1. The summed E-state index contributed by atoms with van der Waals surface area (Å²) in [7, 11) is 0. The van der Waals surface area contributed by atoms with Crippen LogP contribution in [0.25, 0.3) is 0 Å². The van der Waals surface area contributed by atoms with Gasteiger partial charge in [-0.3, -0.25) is 0 Å². The van der Waals surface area contributed by atoms with Crippen molar-refractivity contribution >= 4 is 11.6 Å². The highest BCUT2D eigenvalue weighted by atomic mass is 35.5. The van der Waals surface area contributed by atoms with Gasteiger partial charge in [-0.1, -0.05) is 53.1 Å². The van der Waals surface area contributed by atoms with Gasteiger partial charge in [-0.25, -0.2) is 0 Å². The summed E-state index contributed by atoms with van der Waals surface area (Å²) < 4.78 is 0. The molecule has 1 aromatic rings. The molecule has 0 aliphatic heterocycles. The summed E-state index contributed by atoms with van der Waals surface area (Å²) in [6, 6.07) is 8.57. The third-order valence-electron chi connectivity index (χ3n) is 3.99. The molecular formula is C20H29Cl. The summed E-state index contributed by atoms with van der Waals surface area (Å²) in [5.74, 6) is 0. The number of hydrogen-bond acceptors (Lipinski definition) is 0. The zero-order valence-electron chi connectivity index (χ0n) is 14.0. The van der Waals surface area contributed by atoms with E-state index in [1.165, 1.54) is 28.7 Å². The Kier molecular flexibility index (Phi) is 8.45. The standard InChI is InChI=1S/C20H29Cl/c1-5-16(2)8-6-9-17(3)10-7-11-20(21)19-14-12-18(4)13-15-19/h5,9,12-15,20H,6-8,10-11H2,1-4H3/b16-5+,17-9+. The molecule has 0 heterocycles. The molecule has 116 valence electrons. The van der Waals surface area contributed by atoms with Gasteiger partial charge in [-0.05, 0) is 65.4 Å². The van der Waals surface area contributed by atoms with Crippen molar-refractivity contribution in [2.24, 2.45) is 0 Å². The number of allylic oxidation sites excluding steroid dienone is 4. The molecule has 0 fully saturated rings. The fourth-order valence-electron chi connectivity index (χ4n) is 2.29. The van der Waals surface area contributed by atoms with Gasteiger partial charge >= 0.3 is 0 Å². The molecule has 1 aromatic carbocycles. The Labute approximate surface area is 135 Å². The predicted molar refractivity (Wildman–Crippen MR) is 96.0 cm³/mol. The molecule has 0 saturated carbocycles. The van der Waals surface area contributed by atoms with Gasteiger partial charge in [0.1, 0.15) is 0 Å². The zero-order valence-corrected chi connectivity index (χ0v) is 14.7. The van der Waals surface area contributed by atoms with E-state index in [0.29, 0.717) is 0 Å². The van der Waals surface area contributed by atoms with Crippen LogP contribution in [0.1, 0.15) is 69.4 Å². The monoisotopic (exact) mass is 304 g/mol. The highest BCUT2D eigenvalue weighted by molar-refractivity contribution is 6.20. The molecule has 0 nitrogen and oxygen atoms in total. The van der Waals surface area contributed by atoms with Gasteiger partial charge in [0.2, 0.25) is 0 Å². The van der Waals surface area contributed by atoms with Crippen molar-refractivity contribution in [2.45, 2.75) is 65.2 Å². The van der Waals surface area contributed by atoms with Crippen LogP contribution in [0.3, 0.4) is 0 Å². The molecule has 0 aliphatic carbocycles. The van der Waals surface area contributed by atoms with Crippen LogP contribution in [-0.4, -0.2) is 0 Å². The average molecular weight is 305 g/mol. The van der Waals surface area contributed by atoms with Gasteiger partial charge in [0.15, 0.2) is 0 Å². The van der Waals surface area contributed by atoms with Crippen molar-refractivity contribution in [3.63, 3.8) is 0 Å². The number of benzene rings is 1. The van der Waals surface area contributed by atoms with Crippen LogP contribution in [-0.2, 0) is 0 Å². The molecule has 1 heteroatoms. The summed E-state index contributed by atoms with van der Waals surface area (Å²) in [5, 5.41) is 0.142. The lowest BCUT2D eigenvalue weighted by Crippen LogP contribution is -1.91. The lowest BCUT2D eigenvalue weighted by Gasteiger charge is -2.10. The molecule has 1 rings (SSSR count). The fourth-order valence-corrected chi connectivity index (χ4v) is 2.59. The van der Waals surface area contributed by atoms with Gasteiger partial charge < -0.3 is 0 Å². The van der Waals surface area contributed by atoms with Crippen molar-refractivity contribution < 1.29 is 0 Å². The third-order valence-corrected chi connectivity index (χ3v) is 4.46. The number of rotatable bonds is 8. The molecular weight excluding hydrogens is 276 g/mol. The minimum absolute atomic E-state index is 0.142. The van der Waals surface area contributed by atoms with E-state index in [1.807, 2.05) is 0 Å². The average Bonchev–Trinajstić information content (AvgIpc) is 2.47. The minimum atomic E-state index is 0.142. The maximum Gasteiger partial charge on any atom is 0.0585 e. The van der Waals surface area contributed by atoms with Crippen molar-refractivity contribution in [2.75, 3.05) is 0 Å². The Hall–Kier alpha value is -1.01. The predicted octanol–water partition coefficient (Wildman–Crippen LogP) is 7.14. The highest BCUT2D eigenvalue weighted by Gasteiger charge is 2.07. The second-order valence-corrected chi connectivity index (χ2v) is 6.52. The summed E-state index contributed by atoms with van der Waals surface area (Å²) in [4.78, 5) is 0. The molecule has 0 bridgehead atoms. The number of aryl methyl sites for hydroxylation is 1. The Morgan fingerprint density at radius 1 is 1.10 bits per heavy atom. The van der Waals surface area contributed by atoms with Crippen LogP contribution >= 0.6 is 11.6 Å². The fraction of sp³-hybridized carbons (Fsp3) is 0.500. The smallest absolute Gasteiger partial charge is 0.0585 e. The maximum atomic E-state index is 6.48. The number of alkyl halides is 1. The molecule has 21 heavy (non-hydrogen) atoms. The van der Waals surface area contributed by atoms with E-state index in [-0.39, 0.29) is 5.38 Å². The van der Waals surface area contributed by atoms with Crippen LogP contribution in [0.5, 0.6) is 0 Å². The van der Waals surface area contributed by atoms with Crippen LogP contribution in [0, 0.1) is 6.92 Å². The first-order chi connectivity index (χ1) is 10.0. The van der Waals surface area contributed by atoms with Gasteiger partial charge in [-0.2, -0.15) is 0 Å². The molecule has 1 unspecified atom stereocenters. The van der Waals surface area contributed by atoms with E-state index >= 15 is 0 Å². The third kappa shape index (κ3) is 7.52. The Balaban J connectivity index is 2.29. The first-order valence-electron chi connectivity index (χ1n) is 8.01. The molecule has 1 atom stereocenters. The zero-order chi connectivity index (χ0) is 15.7. The summed E-state index contributed by atoms with van der Waals surface area (Å²) in [6.07, 6.45) is 10.3. The second kappa shape index (κ2) is 9.84. The maximum absolute atomic E-state index is 6.48. The van der Waals surface area contributed by atoms with Crippen molar-refractivity contribution in [1.29, 1.82) is 0 Å². The van der Waals surface area contributed by atoms with E-state index < -0.39 is 0 Å². The molecule has 0 amide bonds. The lowest BCUT2D eigenvalue weighted by atomic mass is 10.0. The molecule has 0 aromatic heterocycles. The van der Waals surface area contributed by atoms with Gasteiger partial charge in [-0.15, -0.1) is 11.6 Å². The van der Waals surface area contributed by atoms with Crippen LogP contribution in [0.2, 0.25) is 0 Å². The van der Waals surface area contributed by atoms with Gasteiger partial charge in [0.05, 0.1) is 5.38 Å². The van der Waals surface area contributed by atoms with Crippen LogP contribution < -0.4 is 0 Å². The van der Waals surface area contributed by atoms with E-state index in [4.69, 9.17) is 11.6 Å². The quantitative estimate of drug-likeness (QED) is 0.354. The molecule has 0 spiro atoms. The largest absolute Gasteiger partial charge is 0.118 e. The van der Waals surface area contributed by atoms with Gasteiger partial charge in [0, 0.05) is 0 Å². The van der Waals surface area contributed by atoms with Crippen molar-refractivity contribution in [3.8, 4) is 0 Å². The lowest BCUT2D eigenvalue weighted by molar-refractivity contribution is 0.709. The normalized spacial score (nSPS) is 14.3. The van der Waals surface area contributed by atoms with Crippen molar-refractivity contribution in [3.05, 3.63) is 58.7 Å². The number of hydrogen-bond donors (Lipinski definition) is 0. The summed E-state index contributed by atoms with van der Waals surface area (Å²) in [5.41, 5.74) is 5.50.